The van der Waals surface area contributed by atoms with E-state index in [4.69, 9.17) is 16.2 Å². The fourth-order valence-corrected chi connectivity index (χ4v) is 1.86. The third-order valence-corrected chi connectivity index (χ3v) is 3.01. The summed E-state index contributed by atoms with van der Waals surface area (Å²) in [5.41, 5.74) is 9.29. The number of benzene rings is 1. The minimum absolute atomic E-state index is 0.215. The normalized spacial score (nSPS) is 13.8. The van der Waals surface area contributed by atoms with Gasteiger partial charge in [0.2, 0.25) is 5.60 Å². The van der Waals surface area contributed by atoms with Crippen LogP contribution in [0.25, 0.3) is 0 Å². The minimum Gasteiger partial charge on any atom is -0.428 e. The quantitative estimate of drug-likeness (QED) is 0.884. The molecule has 0 saturated carbocycles. The first-order valence-electron chi connectivity index (χ1n) is 4.96. The molecule has 17 heavy (non-hydrogen) atoms. The number of primary amides is 2. The number of hydrogen-bond acceptors (Lipinski definition) is 3. The second kappa shape index (κ2) is 5.18. The largest absolute Gasteiger partial charge is 0.428 e. The second-order valence-corrected chi connectivity index (χ2v) is 4.39. The van der Waals surface area contributed by atoms with Crippen molar-refractivity contribution in [2.24, 2.45) is 11.5 Å². The topological polar surface area (TPSA) is 95.4 Å². The van der Waals surface area contributed by atoms with Crippen LogP contribution in [0.4, 0.5) is 4.79 Å². The molecule has 0 aliphatic rings. The van der Waals surface area contributed by atoms with Gasteiger partial charge in [0.1, 0.15) is 0 Å². The lowest BCUT2D eigenvalue weighted by Crippen LogP contribution is -2.45. The van der Waals surface area contributed by atoms with E-state index in [1.807, 2.05) is 0 Å². The zero-order valence-corrected chi connectivity index (χ0v) is 10.9. The summed E-state index contributed by atoms with van der Waals surface area (Å²) in [5.74, 6) is -0.749. The molecule has 2 amide bonds. The molecule has 5 nitrogen and oxygen atoms in total. The lowest BCUT2D eigenvalue weighted by atomic mass is 9.90. The SMILES string of the molecule is CCC(OC(N)=O)(C(N)=O)c1ccc(Br)cc1. The van der Waals surface area contributed by atoms with Gasteiger partial charge in [-0.15, -0.1) is 0 Å². The van der Waals surface area contributed by atoms with Crippen LogP contribution in [-0.2, 0) is 15.1 Å². The molecular formula is C11H13BrN2O3. The summed E-state index contributed by atoms with van der Waals surface area (Å²) in [6.45, 7) is 1.69. The molecule has 1 aromatic rings. The van der Waals surface area contributed by atoms with Crippen LogP contribution in [0.3, 0.4) is 0 Å². The van der Waals surface area contributed by atoms with Gasteiger partial charge in [-0.2, -0.15) is 0 Å². The number of carbonyl (C=O) groups excluding carboxylic acids is 2. The van der Waals surface area contributed by atoms with Crippen LogP contribution in [-0.4, -0.2) is 12.0 Å². The predicted octanol–water partition coefficient (Wildman–Crippen LogP) is 1.64. The van der Waals surface area contributed by atoms with Crippen molar-refractivity contribution in [2.45, 2.75) is 18.9 Å². The average molecular weight is 301 g/mol. The third kappa shape index (κ3) is 2.76. The Morgan fingerprint density at radius 2 is 1.82 bits per heavy atom. The average Bonchev–Trinajstić information content (AvgIpc) is 2.26. The standard InChI is InChI=1S/C11H13BrN2O3/c1-2-11(9(13)15,17-10(14)16)7-3-5-8(12)6-4-7/h3-6H,2H2,1H3,(H2,13,15)(H2,14,16). The highest BCUT2D eigenvalue weighted by atomic mass is 79.9. The summed E-state index contributed by atoms with van der Waals surface area (Å²) >= 11 is 3.27. The number of amides is 2. The minimum atomic E-state index is -1.51. The van der Waals surface area contributed by atoms with Gasteiger partial charge in [0.25, 0.3) is 5.91 Å². The molecule has 0 saturated heterocycles. The fraction of sp³-hybridized carbons (Fsp3) is 0.273. The molecule has 0 heterocycles. The summed E-state index contributed by atoms with van der Waals surface area (Å²) in [4.78, 5) is 22.5. The van der Waals surface area contributed by atoms with Gasteiger partial charge in [-0.25, -0.2) is 4.79 Å². The Morgan fingerprint density at radius 1 is 1.29 bits per heavy atom. The van der Waals surface area contributed by atoms with E-state index in [-0.39, 0.29) is 6.42 Å². The monoisotopic (exact) mass is 300 g/mol. The number of rotatable bonds is 4. The Bertz CT molecular complexity index is 433. The summed E-state index contributed by atoms with van der Waals surface area (Å²) in [7, 11) is 0. The molecule has 1 rings (SSSR count). The maximum atomic E-state index is 11.6. The van der Waals surface area contributed by atoms with Crippen LogP contribution in [0.15, 0.2) is 28.7 Å². The molecule has 1 atom stereocenters. The van der Waals surface area contributed by atoms with Crippen molar-refractivity contribution < 1.29 is 14.3 Å². The van der Waals surface area contributed by atoms with Gasteiger partial charge in [0.05, 0.1) is 0 Å². The van der Waals surface area contributed by atoms with E-state index >= 15 is 0 Å². The zero-order chi connectivity index (χ0) is 13.1. The van der Waals surface area contributed by atoms with E-state index in [0.29, 0.717) is 5.56 Å². The smallest absolute Gasteiger partial charge is 0.405 e. The van der Waals surface area contributed by atoms with Gasteiger partial charge in [-0.05, 0) is 18.6 Å². The number of hydrogen-bond donors (Lipinski definition) is 2. The predicted molar refractivity (Wildman–Crippen MR) is 66.0 cm³/mol. The van der Waals surface area contributed by atoms with E-state index < -0.39 is 17.6 Å². The molecule has 1 aromatic carbocycles. The second-order valence-electron chi connectivity index (χ2n) is 3.47. The van der Waals surface area contributed by atoms with Crippen LogP contribution in [0.5, 0.6) is 0 Å². The molecule has 0 aliphatic heterocycles. The van der Waals surface area contributed by atoms with E-state index in [0.717, 1.165) is 4.47 Å². The number of carbonyl (C=O) groups is 2. The van der Waals surface area contributed by atoms with Gasteiger partial charge in [0, 0.05) is 10.0 Å². The molecule has 0 aromatic heterocycles. The number of nitrogens with two attached hydrogens (primary N) is 2. The molecule has 0 fully saturated rings. The Labute approximate surface area is 107 Å². The van der Waals surface area contributed by atoms with Crippen molar-refractivity contribution >= 4 is 27.9 Å². The van der Waals surface area contributed by atoms with Gasteiger partial charge in [-0.1, -0.05) is 35.0 Å². The van der Waals surface area contributed by atoms with E-state index in [1.54, 1.807) is 31.2 Å². The van der Waals surface area contributed by atoms with Crippen molar-refractivity contribution in [3.05, 3.63) is 34.3 Å². The molecule has 6 heteroatoms. The first-order valence-corrected chi connectivity index (χ1v) is 5.76. The molecule has 0 spiro atoms. The van der Waals surface area contributed by atoms with E-state index in [2.05, 4.69) is 15.9 Å². The lowest BCUT2D eigenvalue weighted by Gasteiger charge is -2.28. The van der Waals surface area contributed by atoms with Crippen LogP contribution in [0, 0.1) is 0 Å². The number of ether oxygens (including phenoxy) is 1. The van der Waals surface area contributed by atoms with Crippen molar-refractivity contribution in [1.82, 2.24) is 0 Å². The maximum Gasteiger partial charge on any atom is 0.405 e. The van der Waals surface area contributed by atoms with Gasteiger partial charge < -0.3 is 16.2 Å². The molecule has 0 bridgehead atoms. The van der Waals surface area contributed by atoms with Crippen molar-refractivity contribution in [3.8, 4) is 0 Å². The molecule has 0 radical (unpaired) electrons. The summed E-state index contributed by atoms with van der Waals surface area (Å²) < 4.78 is 5.77. The van der Waals surface area contributed by atoms with Crippen LogP contribution in [0.2, 0.25) is 0 Å². The lowest BCUT2D eigenvalue weighted by molar-refractivity contribution is -0.137. The van der Waals surface area contributed by atoms with E-state index in [1.165, 1.54) is 0 Å². The Kier molecular flexibility index (Phi) is 4.11. The molecule has 0 aliphatic carbocycles. The fourth-order valence-electron chi connectivity index (χ4n) is 1.59. The first kappa shape index (κ1) is 13.5. The van der Waals surface area contributed by atoms with Crippen LogP contribution in [0.1, 0.15) is 18.9 Å². The van der Waals surface area contributed by atoms with Gasteiger partial charge in [0.15, 0.2) is 0 Å². The number of halogens is 1. The molecule has 1 unspecified atom stereocenters. The summed E-state index contributed by atoms with van der Waals surface area (Å²) in [6.07, 6.45) is -0.819. The highest BCUT2D eigenvalue weighted by Crippen LogP contribution is 2.30. The van der Waals surface area contributed by atoms with Gasteiger partial charge >= 0.3 is 6.09 Å². The highest BCUT2D eigenvalue weighted by Gasteiger charge is 2.40. The third-order valence-electron chi connectivity index (χ3n) is 2.48. The van der Waals surface area contributed by atoms with E-state index in [9.17, 15) is 9.59 Å². The van der Waals surface area contributed by atoms with Crippen molar-refractivity contribution in [1.29, 1.82) is 0 Å². The Hall–Kier alpha value is -1.56. The highest BCUT2D eigenvalue weighted by molar-refractivity contribution is 9.10. The molecule has 92 valence electrons. The maximum absolute atomic E-state index is 11.6. The summed E-state index contributed by atoms with van der Waals surface area (Å²) in [6, 6.07) is 6.77. The molecule has 4 N–H and O–H groups in total. The first-order chi connectivity index (χ1) is 7.92. The van der Waals surface area contributed by atoms with Crippen molar-refractivity contribution in [3.63, 3.8) is 0 Å². The Balaban J connectivity index is 3.26. The zero-order valence-electron chi connectivity index (χ0n) is 9.27. The Morgan fingerprint density at radius 3 is 2.18 bits per heavy atom. The van der Waals surface area contributed by atoms with Crippen molar-refractivity contribution in [2.75, 3.05) is 0 Å². The van der Waals surface area contributed by atoms with Gasteiger partial charge in [-0.3, -0.25) is 4.79 Å². The summed E-state index contributed by atoms with van der Waals surface area (Å²) in [5, 5.41) is 0. The van der Waals surface area contributed by atoms with Crippen LogP contribution < -0.4 is 11.5 Å². The van der Waals surface area contributed by atoms with Crippen LogP contribution >= 0.6 is 15.9 Å². The molecular weight excluding hydrogens is 288 g/mol.